The van der Waals surface area contributed by atoms with E-state index in [-0.39, 0.29) is 12.8 Å². The van der Waals surface area contributed by atoms with E-state index < -0.39 is 46.0 Å². The summed E-state index contributed by atoms with van der Waals surface area (Å²) in [5.74, 6) is -4.39. The Morgan fingerprint density at radius 2 is 1.07 bits per heavy atom. The number of rotatable bonds is 11. The summed E-state index contributed by atoms with van der Waals surface area (Å²) in [6.07, 6.45) is 3.74. The summed E-state index contributed by atoms with van der Waals surface area (Å²) in [5.41, 5.74) is 9.34. The fourth-order valence-electron chi connectivity index (χ4n) is 7.68. The Balaban J connectivity index is 0.000000182. The molecular weight excluding hydrogens is 783 g/mol. The average Bonchev–Trinajstić information content (AvgIpc) is 3.79. The van der Waals surface area contributed by atoms with Crippen LogP contribution < -0.4 is 4.90 Å². The van der Waals surface area contributed by atoms with Crippen LogP contribution in [0, 0.1) is 23.3 Å². The zero-order chi connectivity index (χ0) is 42.2. The van der Waals surface area contributed by atoms with Gasteiger partial charge in [0, 0.05) is 57.1 Å². The lowest BCUT2D eigenvalue weighted by molar-refractivity contribution is 0.0976. The maximum absolute atomic E-state index is 13.9. The van der Waals surface area contributed by atoms with Crippen LogP contribution in [0.25, 0.3) is 11.1 Å². The fourth-order valence-corrected chi connectivity index (χ4v) is 8.35. The van der Waals surface area contributed by atoms with Crippen molar-refractivity contribution in [2.24, 2.45) is 0 Å². The van der Waals surface area contributed by atoms with Crippen LogP contribution in [0.5, 0.6) is 0 Å². The maximum atomic E-state index is 13.9. The molecule has 5 nitrogen and oxygen atoms in total. The summed E-state index contributed by atoms with van der Waals surface area (Å²) < 4.78 is 55.4. The quantitative estimate of drug-likeness (QED) is 0.0962. The molecule has 2 aliphatic rings. The van der Waals surface area contributed by atoms with Gasteiger partial charge in [-0.15, -0.1) is 11.3 Å². The number of benzene rings is 5. The molecule has 0 spiro atoms. The van der Waals surface area contributed by atoms with Crippen molar-refractivity contribution in [1.29, 1.82) is 0 Å². The Morgan fingerprint density at radius 3 is 1.55 bits per heavy atom. The molecule has 10 heteroatoms. The third kappa shape index (κ3) is 10.2. The molecule has 0 aliphatic carbocycles. The molecule has 0 unspecified atom stereocenters. The molecule has 0 amide bonds. The molecule has 1 aromatic heterocycles. The van der Waals surface area contributed by atoms with Gasteiger partial charge in [-0.05, 0) is 89.9 Å². The summed E-state index contributed by atoms with van der Waals surface area (Å²) in [5, 5.41) is 2.99. The Labute approximate surface area is 352 Å². The first-order valence-electron chi connectivity index (χ1n) is 19.9. The molecule has 0 fully saturated rings. The van der Waals surface area contributed by atoms with Crippen LogP contribution in [0.15, 0.2) is 138 Å². The number of nitrogens with zero attached hydrogens (tertiary/aromatic N) is 3. The van der Waals surface area contributed by atoms with Gasteiger partial charge in [-0.2, -0.15) is 0 Å². The van der Waals surface area contributed by atoms with E-state index in [1.165, 1.54) is 40.0 Å². The van der Waals surface area contributed by atoms with Crippen LogP contribution in [0.1, 0.15) is 75.2 Å². The molecule has 0 saturated heterocycles. The van der Waals surface area contributed by atoms with Crippen molar-refractivity contribution in [1.82, 2.24) is 9.88 Å². The second-order valence-corrected chi connectivity index (χ2v) is 16.1. The second kappa shape index (κ2) is 19.4. The van der Waals surface area contributed by atoms with Gasteiger partial charge < -0.3 is 4.90 Å². The van der Waals surface area contributed by atoms with E-state index in [1.54, 1.807) is 11.3 Å². The smallest absolute Gasteiger partial charge is 0.185 e. The minimum absolute atomic E-state index is 0.0315. The number of Topliss-reactive ketones (excluding diaryl/α,β-unsaturated/α-hetero) is 2. The lowest BCUT2D eigenvalue weighted by Crippen LogP contribution is -2.30. The van der Waals surface area contributed by atoms with E-state index in [0.29, 0.717) is 0 Å². The van der Waals surface area contributed by atoms with Crippen LogP contribution in [0.2, 0.25) is 0 Å². The first kappa shape index (κ1) is 42.2. The minimum atomic E-state index is -0.822. The molecule has 2 aliphatic heterocycles. The summed E-state index contributed by atoms with van der Waals surface area (Å²) in [6, 6.07) is 32.8. The van der Waals surface area contributed by atoms with Crippen molar-refractivity contribution in [2.75, 3.05) is 31.1 Å². The van der Waals surface area contributed by atoms with Crippen molar-refractivity contribution in [3.8, 4) is 0 Å². The highest BCUT2D eigenvalue weighted by atomic mass is 32.1. The van der Waals surface area contributed by atoms with E-state index in [0.717, 1.165) is 97.2 Å². The topological polar surface area (TPSA) is 53.5 Å². The van der Waals surface area contributed by atoms with Crippen molar-refractivity contribution < 1.29 is 27.2 Å². The number of anilines is 1. The summed E-state index contributed by atoms with van der Waals surface area (Å²) >= 11 is 1.63. The molecule has 0 bridgehead atoms. The average molecular weight is 828 g/mol. The molecule has 0 N–H and O–H groups in total. The SMILES string of the molecule is CC1=C(c2ccc(CC(=O)c3c(F)cccc3F)cc2)CN(Cc2ccccc2)CC1.CC1=C(c2ccc(CC(=O)c3c(F)cccc3F)cc2)CN(c2nccs2)CC1. The molecular formula is C50H45F4N3O2S. The molecule has 6 aromatic rings. The highest BCUT2D eigenvalue weighted by Crippen LogP contribution is 2.31. The molecule has 3 heterocycles. The molecule has 60 heavy (non-hydrogen) atoms. The predicted molar refractivity (Wildman–Crippen MR) is 232 cm³/mol. The lowest BCUT2D eigenvalue weighted by Gasteiger charge is -2.30. The van der Waals surface area contributed by atoms with Crippen LogP contribution in [0.4, 0.5) is 22.7 Å². The maximum Gasteiger partial charge on any atom is 0.185 e. The summed E-state index contributed by atoms with van der Waals surface area (Å²) in [4.78, 5) is 33.9. The van der Waals surface area contributed by atoms with Crippen LogP contribution in [0.3, 0.4) is 0 Å². The van der Waals surface area contributed by atoms with Crippen molar-refractivity contribution >= 4 is 39.2 Å². The lowest BCUT2D eigenvalue weighted by atomic mass is 9.93. The highest BCUT2D eigenvalue weighted by molar-refractivity contribution is 7.13. The zero-order valence-electron chi connectivity index (χ0n) is 33.6. The fraction of sp³-hybridized carbons (Fsp3) is 0.220. The Hall–Kier alpha value is -5.97. The van der Waals surface area contributed by atoms with Gasteiger partial charge in [0.15, 0.2) is 16.7 Å². The Morgan fingerprint density at radius 1 is 0.583 bits per heavy atom. The van der Waals surface area contributed by atoms with Crippen LogP contribution in [-0.4, -0.2) is 47.6 Å². The van der Waals surface area contributed by atoms with Gasteiger partial charge >= 0.3 is 0 Å². The molecule has 8 rings (SSSR count). The Kier molecular flexibility index (Phi) is 13.6. The van der Waals surface area contributed by atoms with E-state index in [4.69, 9.17) is 0 Å². The van der Waals surface area contributed by atoms with Crippen molar-refractivity contribution in [3.63, 3.8) is 0 Å². The van der Waals surface area contributed by atoms with Crippen LogP contribution in [-0.2, 0) is 19.4 Å². The zero-order valence-corrected chi connectivity index (χ0v) is 34.4. The first-order chi connectivity index (χ1) is 29.0. The van der Waals surface area contributed by atoms with Gasteiger partial charge in [-0.3, -0.25) is 14.5 Å². The first-order valence-corrected chi connectivity index (χ1v) is 20.8. The number of carbonyl (C=O) groups is 2. The van der Waals surface area contributed by atoms with E-state index in [1.807, 2.05) is 66.2 Å². The number of ketones is 2. The molecule has 0 saturated carbocycles. The normalized spacial score (nSPS) is 14.5. The Bertz CT molecular complexity index is 2480. The summed E-state index contributed by atoms with van der Waals surface area (Å²) in [7, 11) is 0. The summed E-state index contributed by atoms with van der Waals surface area (Å²) in [6.45, 7) is 8.88. The van der Waals surface area contributed by atoms with Crippen molar-refractivity contribution in [3.05, 3.63) is 200 Å². The second-order valence-electron chi connectivity index (χ2n) is 15.2. The molecule has 5 aromatic carbocycles. The number of aromatic nitrogens is 1. The van der Waals surface area contributed by atoms with Gasteiger partial charge in [-0.25, -0.2) is 22.5 Å². The standard InChI is InChI=1S/C27H25F2NO.C23H20F2N2OS/c1-19-14-15-30(17-21-6-3-2-4-7-21)18-23(19)22-12-10-20(11-13-22)16-26(31)27-24(28)8-5-9-25(27)29;1-15-9-11-27(23-26-10-12-29-23)14-18(15)17-7-5-16(6-8-17)13-21(28)22-19(24)3-2-4-20(22)25/h2-13H,14-18H2,1H3;2-8,10,12H,9,11,13-14H2,1H3. The number of halogens is 4. The van der Waals surface area contributed by atoms with Gasteiger partial charge in [0.2, 0.25) is 0 Å². The third-order valence-electron chi connectivity index (χ3n) is 11.1. The van der Waals surface area contributed by atoms with Crippen molar-refractivity contribution in [2.45, 2.75) is 46.1 Å². The minimum Gasteiger partial charge on any atom is -0.343 e. The van der Waals surface area contributed by atoms with Gasteiger partial charge in [0.1, 0.15) is 23.3 Å². The number of thiazole rings is 1. The van der Waals surface area contributed by atoms with E-state index in [9.17, 15) is 27.2 Å². The van der Waals surface area contributed by atoms with Gasteiger partial charge in [0.05, 0.1) is 11.1 Å². The predicted octanol–water partition coefficient (Wildman–Crippen LogP) is 11.6. The van der Waals surface area contributed by atoms with E-state index in [2.05, 4.69) is 52.9 Å². The van der Waals surface area contributed by atoms with Gasteiger partial charge in [-0.1, -0.05) is 102 Å². The number of hydrogen-bond donors (Lipinski definition) is 0. The van der Waals surface area contributed by atoms with E-state index >= 15 is 0 Å². The third-order valence-corrected chi connectivity index (χ3v) is 11.9. The largest absolute Gasteiger partial charge is 0.343 e. The van der Waals surface area contributed by atoms with Gasteiger partial charge in [0.25, 0.3) is 0 Å². The van der Waals surface area contributed by atoms with Crippen LogP contribution >= 0.6 is 11.3 Å². The number of carbonyl (C=O) groups excluding carboxylic acids is 2. The number of hydrogen-bond acceptors (Lipinski definition) is 6. The monoisotopic (exact) mass is 827 g/mol. The molecule has 306 valence electrons. The molecule has 0 radical (unpaired) electrons. The highest BCUT2D eigenvalue weighted by Gasteiger charge is 2.22. The molecule has 0 atom stereocenters.